The van der Waals surface area contributed by atoms with Crippen LogP contribution in [0.15, 0.2) is 68.3 Å². The van der Waals surface area contributed by atoms with Gasteiger partial charge in [0, 0.05) is 20.8 Å². The maximum absolute atomic E-state index is 13.3. The molecule has 2 aromatic carbocycles. The number of benzene rings is 2. The number of hydrogen-bond acceptors (Lipinski definition) is 5. The van der Waals surface area contributed by atoms with Crippen LogP contribution in [0, 0.1) is 5.82 Å². The number of aromatic nitrogens is 2. The minimum atomic E-state index is -0.447. The van der Waals surface area contributed by atoms with Crippen molar-refractivity contribution >= 4 is 66.8 Å². The van der Waals surface area contributed by atoms with Crippen LogP contribution in [-0.4, -0.2) is 15.6 Å². The lowest BCUT2D eigenvalue weighted by Crippen LogP contribution is -2.34. The van der Waals surface area contributed by atoms with Gasteiger partial charge in [0.25, 0.3) is 11.5 Å². The summed E-state index contributed by atoms with van der Waals surface area (Å²) in [6.45, 7) is 0. The zero-order valence-corrected chi connectivity index (χ0v) is 19.0. The molecule has 4 rings (SSSR count). The molecule has 0 atom stereocenters. The van der Waals surface area contributed by atoms with E-state index >= 15 is 0 Å². The van der Waals surface area contributed by atoms with Gasteiger partial charge in [-0.3, -0.25) is 15.0 Å². The predicted molar refractivity (Wildman–Crippen MR) is 123 cm³/mol. The second kappa shape index (κ2) is 8.89. The van der Waals surface area contributed by atoms with E-state index in [2.05, 4.69) is 26.3 Å². The fourth-order valence-electron chi connectivity index (χ4n) is 2.66. The van der Waals surface area contributed by atoms with Gasteiger partial charge in [-0.15, -0.1) is 11.3 Å². The molecule has 1 N–H and O–H groups in total. The average Bonchev–Trinajstić information content (AvgIpc) is 3.18. The average molecular weight is 525 g/mol. The SMILES string of the molecule is O=C(Nn1c(SCc2ccc(F)cc2Cl)nc2ccsc2c1=O)c1cccc(Br)c1. The molecular weight excluding hydrogens is 513 g/mol. The van der Waals surface area contributed by atoms with Crippen molar-refractivity contribution in [3.63, 3.8) is 0 Å². The number of halogens is 3. The summed E-state index contributed by atoms with van der Waals surface area (Å²) in [4.78, 5) is 30.2. The summed E-state index contributed by atoms with van der Waals surface area (Å²) in [6.07, 6.45) is 0. The highest BCUT2D eigenvalue weighted by molar-refractivity contribution is 9.10. The molecule has 2 heterocycles. The second-order valence-corrected chi connectivity index (χ2v) is 9.33. The molecule has 0 aliphatic carbocycles. The quantitative estimate of drug-likeness (QED) is 0.269. The topological polar surface area (TPSA) is 64.0 Å². The molecular formula is C20H12BrClFN3O2S2. The van der Waals surface area contributed by atoms with E-state index in [1.54, 1.807) is 41.8 Å². The third-order valence-electron chi connectivity index (χ3n) is 4.12. The van der Waals surface area contributed by atoms with Crippen LogP contribution < -0.4 is 11.0 Å². The van der Waals surface area contributed by atoms with E-state index in [1.165, 1.54) is 35.2 Å². The van der Waals surface area contributed by atoms with Crippen LogP contribution in [0.1, 0.15) is 15.9 Å². The van der Waals surface area contributed by atoms with Crippen molar-refractivity contribution < 1.29 is 9.18 Å². The number of nitrogens with zero attached hydrogens (tertiary/aromatic N) is 2. The molecule has 0 bridgehead atoms. The minimum absolute atomic E-state index is 0.283. The largest absolute Gasteiger partial charge is 0.291 e. The summed E-state index contributed by atoms with van der Waals surface area (Å²) in [5.41, 5.74) is 3.89. The van der Waals surface area contributed by atoms with E-state index in [1.807, 2.05) is 0 Å². The Morgan fingerprint density at radius 2 is 2.10 bits per heavy atom. The molecule has 2 aromatic heterocycles. The van der Waals surface area contributed by atoms with E-state index in [4.69, 9.17) is 11.6 Å². The van der Waals surface area contributed by atoms with Crippen molar-refractivity contribution in [3.05, 3.63) is 90.7 Å². The first-order valence-corrected chi connectivity index (χ1v) is 11.6. The molecule has 4 aromatic rings. The van der Waals surface area contributed by atoms with Crippen molar-refractivity contribution in [1.29, 1.82) is 0 Å². The van der Waals surface area contributed by atoms with E-state index in [-0.39, 0.29) is 10.6 Å². The molecule has 0 radical (unpaired) electrons. The van der Waals surface area contributed by atoms with Gasteiger partial charge in [-0.05, 0) is 47.3 Å². The number of carbonyl (C=O) groups is 1. The molecule has 0 spiro atoms. The third-order valence-corrected chi connectivity index (χ3v) is 6.85. The molecule has 152 valence electrons. The first kappa shape index (κ1) is 21.0. The number of amides is 1. The lowest BCUT2D eigenvalue weighted by Gasteiger charge is -2.13. The van der Waals surface area contributed by atoms with Gasteiger partial charge in [0.1, 0.15) is 10.5 Å². The lowest BCUT2D eigenvalue weighted by atomic mass is 10.2. The minimum Gasteiger partial charge on any atom is -0.267 e. The van der Waals surface area contributed by atoms with Gasteiger partial charge < -0.3 is 0 Å². The fraction of sp³-hybridized carbons (Fsp3) is 0.0500. The van der Waals surface area contributed by atoms with Crippen molar-refractivity contribution in [2.75, 3.05) is 5.43 Å². The standard InChI is InChI=1S/C20H12BrClFN3O2S2/c21-13-3-1-2-11(8-13)18(27)25-26-19(28)17-16(6-7-29-17)24-20(26)30-10-12-4-5-14(23)9-15(12)22/h1-9H,10H2,(H,25,27). The molecule has 0 saturated carbocycles. The van der Waals surface area contributed by atoms with Crippen molar-refractivity contribution in [2.24, 2.45) is 0 Å². The number of nitrogens with one attached hydrogen (secondary N) is 1. The fourth-order valence-corrected chi connectivity index (χ4v) is 5.09. The molecule has 5 nitrogen and oxygen atoms in total. The highest BCUT2D eigenvalue weighted by atomic mass is 79.9. The summed E-state index contributed by atoms with van der Waals surface area (Å²) in [5.74, 6) is -0.531. The summed E-state index contributed by atoms with van der Waals surface area (Å²) >= 11 is 11.9. The molecule has 1 amide bonds. The number of rotatable bonds is 5. The number of thiophene rings is 1. The molecule has 0 unspecified atom stereocenters. The molecule has 10 heteroatoms. The van der Waals surface area contributed by atoms with E-state index in [0.29, 0.717) is 32.3 Å². The van der Waals surface area contributed by atoms with Crippen LogP contribution >= 0.6 is 50.6 Å². The lowest BCUT2D eigenvalue weighted by molar-refractivity contribution is 0.100. The highest BCUT2D eigenvalue weighted by Crippen LogP contribution is 2.27. The van der Waals surface area contributed by atoms with Crippen molar-refractivity contribution in [1.82, 2.24) is 9.66 Å². The monoisotopic (exact) mass is 523 g/mol. The molecule has 0 aliphatic rings. The van der Waals surface area contributed by atoms with Gasteiger partial charge >= 0.3 is 0 Å². The van der Waals surface area contributed by atoms with Gasteiger partial charge in [-0.2, -0.15) is 4.68 Å². The summed E-state index contributed by atoms with van der Waals surface area (Å²) in [5, 5.41) is 2.35. The first-order chi connectivity index (χ1) is 14.4. The van der Waals surface area contributed by atoms with E-state index in [9.17, 15) is 14.0 Å². The highest BCUT2D eigenvalue weighted by Gasteiger charge is 2.17. The Morgan fingerprint density at radius 1 is 1.27 bits per heavy atom. The number of thioether (sulfide) groups is 1. The smallest absolute Gasteiger partial charge is 0.267 e. The van der Waals surface area contributed by atoms with Crippen molar-refractivity contribution in [2.45, 2.75) is 10.9 Å². The van der Waals surface area contributed by atoms with Gasteiger partial charge in [-0.25, -0.2) is 9.37 Å². The van der Waals surface area contributed by atoms with E-state index in [0.717, 1.165) is 9.15 Å². The zero-order chi connectivity index (χ0) is 21.3. The van der Waals surface area contributed by atoms with Crippen LogP contribution in [0.2, 0.25) is 5.02 Å². The number of hydrogen-bond donors (Lipinski definition) is 1. The maximum atomic E-state index is 13.3. The van der Waals surface area contributed by atoms with Crippen LogP contribution in [0.5, 0.6) is 0 Å². The maximum Gasteiger partial charge on any atom is 0.291 e. The second-order valence-electron chi connectivity index (χ2n) is 6.15. The Bertz CT molecular complexity index is 1330. The van der Waals surface area contributed by atoms with E-state index < -0.39 is 11.7 Å². The molecule has 0 fully saturated rings. The van der Waals surface area contributed by atoms with Gasteiger partial charge in [0.2, 0.25) is 0 Å². The van der Waals surface area contributed by atoms with Crippen LogP contribution in [0.3, 0.4) is 0 Å². The van der Waals surface area contributed by atoms with Crippen LogP contribution in [0.4, 0.5) is 4.39 Å². The van der Waals surface area contributed by atoms with Crippen molar-refractivity contribution in [3.8, 4) is 0 Å². The number of fused-ring (bicyclic) bond motifs is 1. The van der Waals surface area contributed by atoms with Crippen LogP contribution in [-0.2, 0) is 5.75 Å². The van der Waals surface area contributed by atoms with Crippen LogP contribution in [0.25, 0.3) is 10.2 Å². The van der Waals surface area contributed by atoms with Gasteiger partial charge in [0.15, 0.2) is 5.16 Å². The molecule has 30 heavy (non-hydrogen) atoms. The van der Waals surface area contributed by atoms with Gasteiger partial charge in [0.05, 0.1) is 5.52 Å². The molecule has 0 aliphatic heterocycles. The Labute approximate surface area is 192 Å². The zero-order valence-electron chi connectivity index (χ0n) is 15.1. The first-order valence-electron chi connectivity index (χ1n) is 8.56. The Hall–Kier alpha value is -2.20. The summed E-state index contributed by atoms with van der Waals surface area (Å²) < 4.78 is 15.6. The number of carbonyl (C=O) groups excluding carboxylic acids is 1. The normalized spacial score (nSPS) is 11.0. The Balaban J connectivity index is 1.69. The Kier molecular flexibility index (Phi) is 6.24. The predicted octanol–water partition coefficient (Wildman–Crippen LogP) is 5.69. The Morgan fingerprint density at radius 3 is 2.87 bits per heavy atom. The third kappa shape index (κ3) is 4.44. The summed E-state index contributed by atoms with van der Waals surface area (Å²) in [7, 11) is 0. The molecule has 0 saturated heterocycles. The summed E-state index contributed by atoms with van der Waals surface area (Å²) in [6, 6.07) is 12.7. The van der Waals surface area contributed by atoms with Gasteiger partial charge in [-0.1, -0.05) is 51.4 Å².